The van der Waals surface area contributed by atoms with E-state index in [1.54, 1.807) is 0 Å². The van der Waals surface area contributed by atoms with E-state index in [0.29, 0.717) is 17.2 Å². The summed E-state index contributed by atoms with van der Waals surface area (Å²) < 4.78 is 11.6. The van der Waals surface area contributed by atoms with Gasteiger partial charge >= 0.3 is 0 Å². The van der Waals surface area contributed by atoms with Crippen molar-refractivity contribution in [2.75, 3.05) is 12.3 Å². The molecular formula is C10H23NOS. The van der Waals surface area contributed by atoms with Crippen LogP contribution in [0.25, 0.3) is 0 Å². The van der Waals surface area contributed by atoms with Gasteiger partial charge in [-0.2, -0.15) is 0 Å². The maximum Gasteiger partial charge on any atom is 0.0362 e. The van der Waals surface area contributed by atoms with E-state index in [4.69, 9.17) is 0 Å². The lowest BCUT2D eigenvalue weighted by Crippen LogP contribution is -2.30. The van der Waals surface area contributed by atoms with Gasteiger partial charge in [0.2, 0.25) is 0 Å². The largest absolute Gasteiger partial charge is 0.314 e. The van der Waals surface area contributed by atoms with Crippen LogP contribution in [0, 0.1) is 5.92 Å². The fraction of sp³-hybridized carbons (Fsp3) is 1.00. The van der Waals surface area contributed by atoms with Crippen molar-refractivity contribution in [1.29, 1.82) is 0 Å². The van der Waals surface area contributed by atoms with Gasteiger partial charge in [0, 0.05) is 34.4 Å². The van der Waals surface area contributed by atoms with E-state index < -0.39 is 10.8 Å². The van der Waals surface area contributed by atoms with Crippen molar-refractivity contribution < 1.29 is 4.21 Å². The Balaban J connectivity index is 3.62. The molecule has 3 heteroatoms. The first-order valence-electron chi connectivity index (χ1n) is 5.05. The normalized spacial score (nSPS) is 16.5. The van der Waals surface area contributed by atoms with Crippen LogP contribution < -0.4 is 5.32 Å². The second-order valence-corrected chi connectivity index (χ2v) is 6.06. The minimum Gasteiger partial charge on any atom is -0.314 e. The van der Waals surface area contributed by atoms with Gasteiger partial charge in [-0.3, -0.25) is 4.21 Å². The summed E-state index contributed by atoms with van der Waals surface area (Å²) in [6, 6.07) is 0.492. The molecule has 0 aromatic heterocycles. The summed E-state index contributed by atoms with van der Waals surface area (Å²) in [6.07, 6.45) is 0. The molecule has 0 aromatic carbocycles. The predicted octanol–water partition coefficient (Wildman–Crippen LogP) is 1.78. The number of rotatable bonds is 6. The highest BCUT2D eigenvalue weighted by atomic mass is 32.2. The Hall–Kier alpha value is 0.110. The molecule has 0 aliphatic rings. The maximum atomic E-state index is 11.6. The number of hydrogen-bond donors (Lipinski definition) is 1. The van der Waals surface area contributed by atoms with Crippen molar-refractivity contribution >= 4 is 10.8 Å². The topological polar surface area (TPSA) is 29.1 Å². The molecule has 0 bridgehead atoms. The molecule has 80 valence electrons. The van der Waals surface area contributed by atoms with E-state index in [0.717, 1.165) is 12.3 Å². The molecule has 0 saturated heterocycles. The standard InChI is InChI=1S/C10H23NOS/c1-8(2)10(5)13(12)7-6-11-9(3)4/h8-11H,6-7H2,1-5H3. The SMILES string of the molecule is CC(C)NCCS(=O)C(C)C(C)C. The minimum absolute atomic E-state index is 0.314. The van der Waals surface area contributed by atoms with Crippen molar-refractivity contribution in [2.45, 2.75) is 45.9 Å². The molecule has 2 nitrogen and oxygen atoms in total. The Labute approximate surface area is 84.9 Å². The lowest BCUT2D eigenvalue weighted by atomic mass is 10.2. The molecule has 2 unspecified atom stereocenters. The molecule has 1 N–H and O–H groups in total. The van der Waals surface area contributed by atoms with E-state index >= 15 is 0 Å². The molecule has 0 heterocycles. The fourth-order valence-electron chi connectivity index (χ4n) is 0.938. The summed E-state index contributed by atoms with van der Waals surface area (Å²) in [5, 5.41) is 3.59. The van der Waals surface area contributed by atoms with Gasteiger partial charge in [0.15, 0.2) is 0 Å². The smallest absolute Gasteiger partial charge is 0.0362 e. The van der Waals surface area contributed by atoms with Gasteiger partial charge in [-0.15, -0.1) is 0 Å². The quantitative estimate of drug-likeness (QED) is 0.716. The van der Waals surface area contributed by atoms with Crippen LogP contribution >= 0.6 is 0 Å². The van der Waals surface area contributed by atoms with Crippen molar-refractivity contribution in [3.05, 3.63) is 0 Å². The number of hydrogen-bond acceptors (Lipinski definition) is 2. The van der Waals surface area contributed by atoms with Gasteiger partial charge in [-0.1, -0.05) is 34.6 Å². The zero-order valence-corrected chi connectivity index (χ0v) is 10.3. The van der Waals surface area contributed by atoms with Crippen molar-refractivity contribution in [3.63, 3.8) is 0 Å². The Bertz CT molecular complexity index is 157. The molecular weight excluding hydrogens is 182 g/mol. The highest BCUT2D eigenvalue weighted by Gasteiger charge is 2.14. The van der Waals surface area contributed by atoms with Crippen LogP contribution in [0.2, 0.25) is 0 Å². The second kappa shape index (κ2) is 6.55. The summed E-state index contributed by atoms with van der Waals surface area (Å²) in [5.41, 5.74) is 0. The molecule has 0 amide bonds. The van der Waals surface area contributed by atoms with Crippen molar-refractivity contribution in [1.82, 2.24) is 5.32 Å². The zero-order chi connectivity index (χ0) is 10.4. The highest BCUT2D eigenvalue weighted by molar-refractivity contribution is 7.85. The van der Waals surface area contributed by atoms with Gasteiger partial charge in [0.25, 0.3) is 0 Å². The minimum atomic E-state index is -0.674. The number of nitrogens with one attached hydrogen (secondary N) is 1. The molecule has 0 fully saturated rings. The Kier molecular flexibility index (Phi) is 6.60. The molecule has 0 aromatic rings. The molecule has 0 aliphatic heterocycles. The van der Waals surface area contributed by atoms with Crippen LogP contribution in [0.5, 0.6) is 0 Å². The van der Waals surface area contributed by atoms with E-state index in [-0.39, 0.29) is 0 Å². The first-order chi connectivity index (χ1) is 5.95. The summed E-state index contributed by atoms with van der Waals surface area (Å²) in [7, 11) is -0.674. The average molecular weight is 205 g/mol. The Morgan fingerprint density at radius 1 is 1.15 bits per heavy atom. The lowest BCUT2D eigenvalue weighted by Gasteiger charge is -2.15. The van der Waals surface area contributed by atoms with Crippen LogP contribution in [0.3, 0.4) is 0 Å². The molecule has 0 spiro atoms. The second-order valence-electron chi connectivity index (χ2n) is 4.14. The van der Waals surface area contributed by atoms with Crippen LogP contribution in [-0.4, -0.2) is 27.8 Å². The molecule has 13 heavy (non-hydrogen) atoms. The predicted molar refractivity (Wildman–Crippen MR) is 60.4 cm³/mol. The van der Waals surface area contributed by atoms with Crippen LogP contribution in [0.15, 0.2) is 0 Å². The molecule has 0 radical (unpaired) electrons. The third-order valence-electron chi connectivity index (χ3n) is 2.21. The van der Waals surface area contributed by atoms with E-state index in [9.17, 15) is 4.21 Å². The van der Waals surface area contributed by atoms with Gasteiger partial charge in [0.1, 0.15) is 0 Å². The Morgan fingerprint density at radius 2 is 1.69 bits per heavy atom. The molecule has 0 aliphatic carbocycles. The van der Waals surface area contributed by atoms with Crippen LogP contribution in [0.4, 0.5) is 0 Å². The molecule has 2 atom stereocenters. The molecule has 0 rings (SSSR count). The van der Waals surface area contributed by atoms with Gasteiger partial charge in [-0.25, -0.2) is 0 Å². The third-order valence-corrected chi connectivity index (χ3v) is 4.19. The van der Waals surface area contributed by atoms with Gasteiger partial charge in [-0.05, 0) is 5.92 Å². The highest BCUT2D eigenvalue weighted by Crippen LogP contribution is 2.07. The van der Waals surface area contributed by atoms with Crippen LogP contribution in [0.1, 0.15) is 34.6 Å². The average Bonchev–Trinajstić information content (AvgIpc) is 2.02. The van der Waals surface area contributed by atoms with Crippen molar-refractivity contribution in [2.24, 2.45) is 5.92 Å². The third kappa shape index (κ3) is 6.22. The van der Waals surface area contributed by atoms with E-state index in [2.05, 4.69) is 39.9 Å². The summed E-state index contributed by atoms with van der Waals surface area (Å²) in [6.45, 7) is 11.4. The summed E-state index contributed by atoms with van der Waals surface area (Å²) >= 11 is 0. The fourth-order valence-corrected chi connectivity index (χ4v) is 2.24. The van der Waals surface area contributed by atoms with Gasteiger partial charge in [0.05, 0.1) is 0 Å². The maximum absolute atomic E-state index is 11.6. The van der Waals surface area contributed by atoms with E-state index in [1.807, 2.05) is 0 Å². The molecule has 0 saturated carbocycles. The Morgan fingerprint density at radius 3 is 2.08 bits per heavy atom. The monoisotopic (exact) mass is 205 g/mol. The first-order valence-corrected chi connectivity index (χ1v) is 6.44. The van der Waals surface area contributed by atoms with E-state index in [1.165, 1.54) is 0 Å². The van der Waals surface area contributed by atoms with Crippen LogP contribution in [-0.2, 0) is 10.8 Å². The zero-order valence-electron chi connectivity index (χ0n) is 9.46. The lowest BCUT2D eigenvalue weighted by molar-refractivity contribution is 0.590. The van der Waals surface area contributed by atoms with Crippen molar-refractivity contribution in [3.8, 4) is 0 Å². The summed E-state index contributed by atoms with van der Waals surface area (Å²) in [5.74, 6) is 1.29. The van der Waals surface area contributed by atoms with Gasteiger partial charge < -0.3 is 5.32 Å². The summed E-state index contributed by atoms with van der Waals surface area (Å²) in [4.78, 5) is 0. The first kappa shape index (κ1) is 13.1.